The van der Waals surface area contributed by atoms with E-state index in [4.69, 9.17) is 14.9 Å². The van der Waals surface area contributed by atoms with Gasteiger partial charge in [-0.2, -0.15) is 5.26 Å². The van der Waals surface area contributed by atoms with Crippen molar-refractivity contribution in [1.82, 2.24) is 9.80 Å². The zero-order chi connectivity index (χ0) is 23.3. The van der Waals surface area contributed by atoms with E-state index in [1.165, 1.54) is 16.7 Å². The Morgan fingerprint density at radius 2 is 2.00 bits per heavy atom. The van der Waals surface area contributed by atoms with Gasteiger partial charge in [-0.15, -0.1) is 0 Å². The molecule has 2 unspecified atom stereocenters. The van der Waals surface area contributed by atoms with E-state index in [0.717, 1.165) is 5.69 Å². The molecule has 1 fully saturated rings. The molecule has 0 saturated carbocycles. The Balaban J connectivity index is 1.97. The number of carbonyl (C=O) groups excluding carboxylic acids is 2. The highest BCUT2D eigenvalue weighted by molar-refractivity contribution is 8.05. The van der Waals surface area contributed by atoms with Gasteiger partial charge in [0.25, 0.3) is 5.91 Å². The van der Waals surface area contributed by atoms with Gasteiger partial charge in [-0.05, 0) is 25.1 Å². The zero-order valence-electron chi connectivity index (χ0n) is 18.1. The Morgan fingerprint density at radius 3 is 2.59 bits per heavy atom. The van der Waals surface area contributed by atoms with Crippen molar-refractivity contribution in [2.24, 2.45) is 5.92 Å². The molecular formula is C22H30N4O5S. The molecule has 0 radical (unpaired) electrons. The molecular weight excluding hydrogens is 432 g/mol. The quantitative estimate of drug-likeness (QED) is 0.289. The highest BCUT2D eigenvalue weighted by Crippen LogP contribution is 2.39. The average molecular weight is 463 g/mol. The van der Waals surface area contributed by atoms with E-state index in [1.54, 1.807) is 17.9 Å². The first-order valence-electron chi connectivity index (χ1n) is 10.5. The summed E-state index contributed by atoms with van der Waals surface area (Å²) in [4.78, 5) is 29.1. The Bertz CT molecular complexity index is 808. The first kappa shape index (κ1) is 25.7. The summed E-state index contributed by atoms with van der Waals surface area (Å²) in [6, 6.07) is 11.6. The number of benzene rings is 1. The van der Waals surface area contributed by atoms with Crippen molar-refractivity contribution in [2.75, 3.05) is 57.9 Å². The summed E-state index contributed by atoms with van der Waals surface area (Å²) in [6.45, 7) is 3.52. The van der Waals surface area contributed by atoms with Gasteiger partial charge in [0.05, 0.1) is 24.2 Å². The Hall–Kier alpha value is -2.58. The Labute approximate surface area is 192 Å². The van der Waals surface area contributed by atoms with E-state index >= 15 is 0 Å². The van der Waals surface area contributed by atoms with Gasteiger partial charge in [0.15, 0.2) is 5.92 Å². The smallest absolute Gasteiger partial charge is 0.326 e. The minimum Gasteiger partial charge on any atom is -0.463 e. The van der Waals surface area contributed by atoms with Gasteiger partial charge >= 0.3 is 5.97 Å². The van der Waals surface area contributed by atoms with Gasteiger partial charge in [-0.1, -0.05) is 30.0 Å². The summed E-state index contributed by atoms with van der Waals surface area (Å²) < 4.78 is 5.28. The van der Waals surface area contributed by atoms with Gasteiger partial charge in [-0.25, -0.2) is 0 Å². The summed E-state index contributed by atoms with van der Waals surface area (Å²) >= 11 is 1.20. The maximum atomic E-state index is 12.8. The maximum absolute atomic E-state index is 12.8. The minimum absolute atomic E-state index is 0.0260. The van der Waals surface area contributed by atoms with Gasteiger partial charge < -0.3 is 25.2 Å². The van der Waals surface area contributed by atoms with Crippen molar-refractivity contribution in [3.05, 3.63) is 41.3 Å². The molecule has 2 rings (SSSR count). The number of ether oxygens (including phenoxy) is 1. The normalized spacial score (nSPS) is 18.1. The predicted molar refractivity (Wildman–Crippen MR) is 122 cm³/mol. The third kappa shape index (κ3) is 7.24. The molecule has 174 valence electrons. The van der Waals surface area contributed by atoms with Crippen molar-refractivity contribution in [3.63, 3.8) is 0 Å². The van der Waals surface area contributed by atoms with Crippen LogP contribution in [0.3, 0.4) is 0 Å². The fraction of sp³-hybridized carbons (Fsp3) is 0.500. The van der Waals surface area contributed by atoms with Crippen LogP contribution in [0.15, 0.2) is 41.3 Å². The summed E-state index contributed by atoms with van der Waals surface area (Å²) in [5.74, 6) is -2.02. The number of rotatable bonds is 13. The summed E-state index contributed by atoms with van der Waals surface area (Å²) in [7, 11) is 0. The molecule has 3 N–H and O–H groups in total. The van der Waals surface area contributed by atoms with E-state index < -0.39 is 17.3 Å². The van der Waals surface area contributed by atoms with Gasteiger partial charge in [0.2, 0.25) is 0 Å². The second kappa shape index (κ2) is 13.8. The van der Waals surface area contributed by atoms with Crippen LogP contribution < -0.4 is 5.32 Å². The first-order valence-corrected chi connectivity index (χ1v) is 11.4. The largest absolute Gasteiger partial charge is 0.463 e. The highest BCUT2D eigenvalue weighted by atomic mass is 32.2. The topological polar surface area (TPSA) is 126 Å². The zero-order valence-corrected chi connectivity index (χ0v) is 19.0. The van der Waals surface area contributed by atoms with E-state index in [1.807, 2.05) is 36.4 Å². The summed E-state index contributed by atoms with van der Waals surface area (Å²) in [5.41, 5.74) is 0.929. The number of thioether (sulfide) groups is 1. The number of hydrogen-bond donors (Lipinski definition) is 3. The molecule has 2 atom stereocenters. The molecule has 1 aromatic rings. The van der Waals surface area contributed by atoms with Gasteiger partial charge in [0, 0.05) is 38.4 Å². The fourth-order valence-corrected chi connectivity index (χ4v) is 4.58. The van der Waals surface area contributed by atoms with Crippen LogP contribution in [-0.4, -0.2) is 89.8 Å². The van der Waals surface area contributed by atoms with Gasteiger partial charge in [0.1, 0.15) is 12.0 Å². The Morgan fingerprint density at radius 1 is 1.31 bits per heavy atom. The fourth-order valence-electron chi connectivity index (χ4n) is 3.24. The number of carbonyl (C=O) groups is 2. The molecule has 1 heterocycles. The van der Waals surface area contributed by atoms with Crippen molar-refractivity contribution < 1.29 is 24.5 Å². The lowest BCUT2D eigenvalue weighted by Gasteiger charge is -2.25. The molecule has 1 aromatic carbocycles. The van der Waals surface area contributed by atoms with E-state index in [0.29, 0.717) is 37.6 Å². The molecule has 0 aromatic heterocycles. The Kier molecular flexibility index (Phi) is 11.0. The number of likely N-dealkylation sites (N-methyl/N-ethyl adjacent to an activating group) is 1. The van der Waals surface area contributed by atoms with Crippen LogP contribution in [-0.2, 0) is 14.3 Å². The predicted octanol–water partition coefficient (Wildman–Crippen LogP) is 0.873. The third-order valence-corrected chi connectivity index (χ3v) is 6.26. The number of aliphatic hydroxyl groups is 2. The average Bonchev–Trinajstić information content (AvgIpc) is 3.10. The van der Waals surface area contributed by atoms with Crippen LogP contribution >= 0.6 is 11.8 Å². The van der Waals surface area contributed by atoms with Crippen molar-refractivity contribution in [3.8, 4) is 6.07 Å². The lowest BCUT2D eigenvalue weighted by atomic mass is 10.1. The molecule has 0 spiro atoms. The number of amides is 1. The molecule has 1 saturated heterocycles. The molecule has 32 heavy (non-hydrogen) atoms. The van der Waals surface area contributed by atoms with Crippen LogP contribution in [0.1, 0.15) is 6.92 Å². The van der Waals surface area contributed by atoms with Crippen molar-refractivity contribution >= 4 is 29.3 Å². The molecule has 1 aliphatic rings. The number of para-hydroxylation sites is 1. The van der Waals surface area contributed by atoms with Gasteiger partial charge in [-0.3, -0.25) is 14.5 Å². The third-order valence-electron chi connectivity index (χ3n) is 4.90. The van der Waals surface area contributed by atoms with Crippen LogP contribution in [0.5, 0.6) is 0 Å². The second-order valence-corrected chi connectivity index (χ2v) is 8.14. The van der Waals surface area contributed by atoms with Crippen LogP contribution in [0.25, 0.3) is 0 Å². The molecule has 10 heteroatoms. The SMILES string of the molecule is CCN1C(=O)C(=CCNc2ccccc2)SC1C(C#N)C(=O)OCCN(CCO)CCO. The first-order chi connectivity index (χ1) is 15.5. The van der Waals surface area contributed by atoms with Crippen LogP contribution in [0.4, 0.5) is 5.69 Å². The molecule has 0 bridgehead atoms. The van der Waals surface area contributed by atoms with E-state index in [-0.39, 0.29) is 25.7 Å². The van der Waals surface area contributed by atoms with E-state index in [9.17, 15) is 14.9 Å². The molecule has 1 aliphatic heterocycles. The second-order valence-electron chi connectivity index (χ2n) is 6.98. The lowest BCUT2D eigenvalue weighted by Crippen LogP contribution is -2.41. The lowest BCUT2D eigenvalue weighted by molar-refractivity contribution is -0.148. The molecule has 1 amide bonds. The summed E-state index contributed by atoms with van der Waals surface area (Å²) in [5, 5.41) is 30.3. The number of aliphatic hydroxyl groups excluding tert-OH is 2. The van der Waals surface area contributed by atoms with Crippen LogP contribution in [0.2, 0.25) is 0 Å². The number of nitriles is 1. The number of nitrogens with zero attached hydrogens (tertiary/aromatic N) is 3. The highest BCUT2D eigenvalue weighted by Gasteiger charge is 2.43. The minimum atomic E-state index is -1.12. The molecule has 9 nitrogen and oxygen atoms in total. The summed E-state index contributed by atoms with van der Waals surface area (Å²) in [6.07, 6.45) is 1.77. The number of anilines is 1. The van der Waals surface area contributed by atoms with Crippen LogP contribution in [0, 0.1) is 17.2 Å². The molecule has 0 aliphatic carbocycles. The van der Waals surface area contributed by atoms with E-state index in [2.05, 4.69) is 5.32 Å². The maximum Gasteiger partial charge on any atom is 0.326 e. The van der Waals surface area contributed by atoms with Crippen molar-refractivity contribution in [2.45, 2.75) is 12.3 Å². The number of esters is 1. The van der Waals surface area contributed by atoms with Crippen molar-refractivity contribution in [1.29, 1.82) is 5.26 Å². The monoisotopic (exact) mass is 462 g/mol. The number of hydrogen-bond acceptors (Lipinski definition) is 9. The standard InChI is InChI=1S/C22H30N4O5S/c1-2-26-20(29)19(8-9-24-17-6-4-3-5-7-17)32-21(26)18(16-23)22(30)31-15-12-25(10-13-27)11-14-28/h3-8,18,21,24,27-28H,2,9-15H2,1H3. The number of nitrogens with one attached hydrogen (secondary N) is 1.